The van der Waals surface area contributed by atoms with Gasteiger partial charge in [0.2, 0.25) is 5.91 Å². The number of hydrogen-bond donors (Lipinski definition) is 1. The molecule has 0 saturated heterocycles. The Morgan fingerprint density at radius 1 is 1.24 bits per heavy atom. The number of amides is 1. The van der Waals surface area contributed by atoms with Gasteiger partial charge in [-0.05, 0) is 43.7 Å². The van der Waals surface area contributed by atoms with Crippen molar-refractivity contribution < 1.29 is 4.79 Å². The molecule has 2 atom stereocenters. The molecule has 1 aromatic rings. The molecule has 1 amide bonds. The minimum absolute atomic E-state index is 0.0687. The third-order valence-electron chi connectivity index (χ3n) is 3.67. The topological polar surface area (TPSA) is 46.3 Å². The minimum Gasteiger partial charge on any atom is -0.341 e. The minimum atomic E-state index is 0.0687. The maximum absolute atomic E-state index is 12.3. The Morgan fingerprint density at radius 3 is 2.38 bits per heavy atom. The molecule has 0 saturated carbocycles. The first-order chi connectivity index (χ1) is 9.93. The summed E-state index contributed by atoms with van der Waals surface area (Å²) in [5, 5.41) is 0. The fraction of sp³-hybridized carbons (Fsp3) is 0.588. The fourth-order valence-electron chi connectivity index (χ4n) is 2.33. The van der Waals surface area contributed by atoms with E-state index in [-0.39, 0.29) is 17.9 Å². The van der Waals surface area contributed by atoms with Crippen LogP contribution in [0.5, 0.6) is 0 Å². The molecule has 1 rings (SSSR count). The van der Waals surface area contributed by atoms with E-state index in [2.05, 4.69) is 30.5 Å². The van der Waals surface area contributed by atoms with E-state index in [1.54, 1.807) is 11.8 Å². The van der Waals surface area contributed by atoms with Crippen LogP contribution < -0.4 is 5.73 Å². The molecule has 0 radical (unpaired) electrons. The van der Waals surface area contributed by atoms with Crippen LogP contribution in [0.25, 0.3) is 0 Å². The van der Waals surface area contributed by atoms with Gasteiger partial charge >= 0.3 is 0 Å². The van der Waals surface area contributed by atoms with Gasteiger partial charge in [0, 0.05) is 30.4 Å². The number of carbonyl (C=O) groups is 1. The molecule has 0 aliphatic heterocycles. The number of benzene rings is 1. The van der Waals surface area contributed by atoms with Gasteiger partial charge < -0.3 is 10.6 Å². The third-order valence-corrected chi connectivity index (χ3v) is 4.42. The first kappa shape index (κ1) is 18.1. The van der Waals surface area contributed by atoms with Crippen molar-refractivity contribution in [2.75, 3.05) is 13.3 Å². The lowest BCUT2D eigenvalue weighted by Crippen LogP contribution is -2.31. The fourth-order valence-corrected chi connectivity index (χ4v) is 2.74. The number of thioether (sulfide) groups is 1. The first-order valence-electron chi connectivity index (χ1n) is 7.57. The predicted molar refractivity (Wildman–Crippen MR) is 91.4 cm³/mol. The van der Waals surface area contributed by atoms with Crippen LogP contribution in [-0.2, 0) is 11.3 Å². The van der Waals surface area contributed by atoms with Crippen molar-refractivity contribution in [3.63, 3.8) is 0 Å². The zero-order chi connectivity index (χ0) is 15.8. The van der Waals surface area contributed by atoms with Gasteiger partial charge in [0.15, 0.2) is 0 Å². The maximum atomic E-state index is 12.3. The van der Waals surface area contributed by atoms with Crippen LogP contribution in [0.1, 0.15) is 38.7 Å². The number of carbonyl (C=O) groups excluding carboxylic acids is 1. The molecule has 0 aromatic heterocycles. The average molecular weight is 308 g/mol. The molecule has 21 heavy (non-hydrogen) atoms. The van der Waals surface area contributed by atoms with Gasteiger partial charge in [0.25, 0.3) is 0 Å². The van der Waals surface area contributed by atoms with Gasteiger partial charge in [0.1, 0.15) is 0 Å². The van der Waals surface area contributed by atoms with Crippen LogP contribution in [0.4, 0.5) is 0 Å². The summed E-state index contributed by atoms with van der Waals surface area (Å²) in [6, 6.07) is 8.61. The Bertz CT molecular complexity index is 431. The maximum Gasteiger partial charge on any atom is 0.225 e. The van der Waals surface area contributed by atoms with Crippen molar-refractivity contribution in [2.45, 2.75) is 50.6 Å². The quantitative estimate of drug-likeness (QED) is 0.747. The highest BCUT2D eigenvalue weighted by molar-refractivity contribution is 7.98. The van der Waals surface area contributed by atoms with Crippen molar-refractivity contribution >= 4 is 17.7 Å². The van der Waals surface area contributed by atoms with Crippen molar-refractivity contribution in [2.24, 2.45) is 11.7 Å². The Morgan fingerprint density at radius 2 is 1.86 bits per heavy atom. The second-order valence-corrected chi connectivity index (χ2v) is 6.73. The van der Waals surface area contributed by atoms with E-state index in [4.69, 9.17) is 5.73 Å². The van der Waals surface area contributed by atoms with E-state index in [0.29, 0.717) is 6.54 Å². The van der Waals surface area contributed by atoms with Gasteiger partial charge in [-0.25, -0.2) is 0 Å². The Labute approximate surface area is 133 Å². The highest BCUT2D eigenvalue weighted by Gasteiger charge is 2.17. The Kier molecular flexibility index (Phi) is 7.83. The molecule has 0 heterocycles. The molecule has 3 nitrogen and oxygen atoms in total. The summed E-state index contributed by atoms with van der Waals surface area (Å²) in [6.07, 6.45) is 4.98. The number of rotatable bonds is 8. The SMILES string of the molecule is CSc1ccc(CN(C)C(=O)C(C)CCCC(C)N)cc1. The standard InChI is InChI=1S/C17H28N2OS/c1-13(6-5-7-14(2)18)17(20)19(3)12-15-8-10-16(21-4)11-9-15/h8-11,13-14H,5-7,12,18H2,1-4H3. The summed E-state index contributed by atoms with van der Waals surface area (Å²) in [7, 11) is 1.88. The van der Waals surface area contributed by atoms with Gasteiger partial charge in [0.05, 0.1) is 0 Å². The van der Waals surface area contributed by atoms with Gasteiger partial charge in [-0.2, -0.15) is 0 Å². The van der Waals surface area contributed by atoms with E-state index >= 15 is 0 Å². The predicted octanol–water partition coefficient (Wildman–Crippen LogP) is 3.52. The molecule has 0 aliphatic carbocycles. The highest BCUT2D eigenvalue weighted by atomic mass is 32.2. The van der Waals surface area contributed by atoms with Crippen molar-refractivity contribution in [3.8, 4) is 0 Å². The van der Waals surface area contributed by atoms with E-state index in [9.17, 15) is 4.79 Å². The second-order valence-electron chi connectivity index (χ2n) is 5.85. The van der Waals surface area contributed by atoms with Crippen LogP contribution in [-0.4, -0.2) is 30.2 Å². The van der Waals surface area contributed by atoms with E-state index in [1.807, 2.05) is 25.8 Å². The monoisotopic (exact) mass is 308 g/mol. The molecular weight excluding hydrogens is 280 g/mol. The van der Waals surface area contributed by atoms with Crippen LogP contribution in [0.15, 0.2) is 29.2 Å². The molecule has 2 unspecified atom stereocenters. The first-order valence-corrected chi connectivity index (χ1v) is 8.80. The Balaban J connectivity index is 2.45. The lowest BCUT2D eigenvalue weighted by molar-refractivity contribution is -0.134. The van der Waals surface area contributed by atoms with Crippen LogP contribution in [0.3, 0.4) is 0 Å². The Hall–Kier alpha value is -1.00. The number of nitrogens with zero attached hydrogens (tertiary/aromatic N) is 1. The number of hydrogen-bond acceptors (Lipinski definition) is 3. The third kappa shape index (κ3) is 6.53. The van der Waals surface area contributed by atoms with Crippen molar-refractivity contribution in [3.05, 3.63) is 29.8 Å². The summed E-state index contributed by atoms with van der Waals surface area (Å²) in [4.78, 5) is 15.4. The molecule has 118 valence electrons. The largest absolute Gasteiger partial charge is 0.341 e. The van der Waals surface area contributed by atoms with Crippen LogP contribution in [0.2, 0.25) is 0 Å². The zero-order valence-electron chi connectivity index (χ0n) is 13.6. The van der Waals surface area contributed by atoms with Crippen LogP contribution >= 0.6 is 11.8 Å². The lowest BCUT2D eigenvalue weighted by atomic mass is 10.0. The molecule has 0 fully saturated rings. The van der Waals surface area contributed by atoms with E-state index in [1.165, 1.54) is 10.5 Å². The van der Waals surface area contributed by atoms with Gasteiger partial charge in [-0.1, -0.05) is 25.5 Å². The van der Waals surface area contributed by atoms with Crippen LogP contribution in [0, 0.1) is 5.92 Å². The average Bonchev–Trinajstić information content (AvgIpc) is 2.46. The molecule has 4 heteroatoms. The van der Waals surface area contributed by atoms with Crippen molar-refractivity contribution in [1.82, 2.24) is 4.90 Å². The molecule has 0 bridgehead atoms. The zero-order valence-corrected chi connectivity index (χ0v) is 14.5. The van der Waals surface area contributed by atoms with Gasteiger partial charge in [-0.3, -0.25) is 4.79 Å². The van der Waals surface area contributed by atoms with E-state index < -0.39 is 0 Å². The summed E-state index contributed by atoms with van der Waals surface area (Å²) in [6.45, 7) is 4.69. The summed E-state index contributed by atoms with van der Waals surface area (Å²) in [5.74, 6) is 0.285. The van der Waals surface area contributed by atoms with Crippen molar-refractivity contribution in [1.29, 1.82) is 0 Å². The molecule has 1 aromatic carbocycles. The molecule has 0 aliphatic rings. The molecular formula is C17H28N2OS. The number of nitrogens with two attached hydrogens (primary N) is 1. The second kappa shape index (κ2) is 9.11. The normalized spacial score (nSPS) is 13.8. The summed E-state index contributed by atoms with van der Waals surface area (Å²) >= 11 is 1.73. The molecule has 2 N–H and O–H groups in total. The van der Waals surface area contributed by atoms with E-state index in [0.717, 1.165) is 19.3 Å². The highest BCUT2D eigenvalue weighted by Crippen LogP contribution is 2.17. The lowest BCUT2D eigenvalue weighted by Gasteiger charge is -2.22. The summed E-state index contributed by atoms with van der Waals surface area (Å²) < 4.78 is 0. The van der Waals surface area contributed by atoms with Gasteiger partial charge in [-0.15, -0.1) is 11.8 Å². The summed E-state index contributed by atoms with van der Waals surface area (Å²) in [5.41, 5.74) is 6.92. The smallest absolute Gasteiger partial charge is 0.225 e. The molecule has 0 spiro atoms.